The molecule has 0 amide bonds. The third-order valence-corrected chi connectivity index (χ3v) is 5.62. The highest BCUT2D eigenvalue weighted by atomic mass is 35.5. The molecule has 6 heteroatoms. The number of benzene rings is 2. The molecule has 4 nitrogen and oxygen atoms in total. The summed E-state index contributed by atoms with van der Waals surface area (Å²) in [7, 11) is 0. The fourth-order valence-corrected chi connectivity index (χ4v) is 4.17. The average molecular weight is 401 g/mol. The van der Waals surface area contributed by atoms with Gasteiger partial charge >= 0.3 is 0 Å². The first-order valence-electron chi connectivity index (χ1n) is 9.38. The molecule has 1 aliphatic rings. The van der Waals surface area contributed by atoms with Gasteiger partial charge in [-0.05, 0) is 55.8 Å². The number of hydrogen-bond acceptors (Lipinski definition) is 4. The van der Waals surface area contributed by atoms with Gasteiger partial charge in [-0.25, -0.2) is 9.97 Å². The number of fused-ring (bicyclic) bond motifs is 1. The summed E-state index contributed by atoms with van der Waals surface area (Å²) < 4.78 is 0. The lowest BCUT2D eigenvalue weighted by Crippen LogP contribution is -2.33. The lowest BCUT2D eigenvalue weighted by Gasteiger charge is -2.26. The molecular weight excluding hydrogens is 379 g/mol. The Balaban J connectivity index is 1.48. The fourth-order valence-electron chi connectivity index (χ4n) is 3.56. The van der Waals surface area contributed by atoms with E-state index in [2.05, 4.69) is 20.2 Å². The lowest BCUT2D eigenvalue weighted by molar-refractivity contribution is 0.237. The molecule has 1 N–H and O–H groups in total. The van der Waals surface area contributed by atoms with E-state index in [0.29, 0.717) is 16.0 Å². The molecule has 1 saturated heterocycles. The summed E-state index contributed by atoms with van der Waals surface area (Å²) in [5.41, 5.74) is 2.70. The van der Waals surface area contributed by atoms with Gasteiger partial charge in [-0.15, -0.1) is 0 Å². The molecule has 3 aromatic rings. The van der Waals surface area contributed by atoms with Gasteiger partial charge in [0, 0.05) is 40.3 Å². The number of likely N-dealkylation sites (tertiary alicyclic amines) is 1. The van der Waals surface area contributed by atoms with Crippen molar-refractivity contribution in [2.45, 2.75) is 19.3 Å². The van der Waals surface area contributed by atoms with Crippen molar-refractivity contribution in [1.82, 2.24) is 14.9 Å². The van der Waals surface area contributed by atoms with Crippen molar-refractivity contribution < 1.29 is 0 Å². The standard InChI is InChI=1S/C21H22Cl2N4/c22-17-5-4-6-18(23)20(17)15-7-8-19-16(13-15)14-25-21(26-19)24-9-12-27-10-2-1-3-11-27/h4-8,13-14H,1-3,9-12H2,(H,24,25,26). The maximum atomic E-state index is 6.33. The van der Waals surface area contributed by atoms with Gasteiger partial charge in [-0.3, -0.25) is 0 Å². The van der Waals surface area contributed by atoms with Crippen LogP contribution in [0.15, 0.2) is 42.6 Å². The molecule has 0 spiro atoms. The Hall–Kier alpha value is -1.88. The molecular formula is C21H22Cl2N4. The van der Waals surface area contributed by atoms with E-state index in [4.69, 9.17) is 23.2 Å². The van der Waals surface area contributed by atoms with E-state index in [9.17, 15) is 0 Å². The molecule has 0 aliphatic carbocycles. The van der Waals surface area contributed by atoms with E-state index in [0.717, 1.165) is 35.1 Å². The third-order valence-electron chi connectivity index (χ3n) is 4.99. The summed E-state index contributed by atoms with van der Waals surface area (Å²) in [4.78, 5) is 11.6. The summed E-state index contributed by atoms with van der Waals surface area (Å²) in [6.45, 7) is 4.30. The monoisotopic (exact) mass is 400 g/mol. The van der Waals surface area contributed by atoms with Crippen LogP contribution in [0.5, 0.6) is 0 Å². The van der Waals surface area contributed by atoms with Crippen molar-refractivity contribution in [3.05, 3.63) is 52.6 Å². The Labute approximate surface area is 169 Å². The number of rotatable bonds is 5. The number of piperidine rings is 1. The van der Waals surface area contributed by atoms with Crippen LogP contribution < -0.4 is 5.32 Å². The molecule has 27 heavy (non-hydrogen) atoms. The summed E-state index contributed by atoms with van der Waals surface area (Å²) in [6, 6.07) is 11.6. The van der Waals surface area contributed by atoms with Crippen molar-refractivity contribution >= 4 is 40.1 Å². The highest BCUT2D eigenvalue weighted by molar-refractivity contribution is 6.39. The minimum Gasteiger partial charge on any atom is -0.353 e. The first-order chi connectivity index (χ1) is 13.2. The van der Waals surface area contributed by atoms with Crippen LogP contribution in [0, 0.1) is 0 Å². The van der Waals surface area contributed by atoms with Crippen LogP contribution in [0.4, 0.5) is 5.95 Å². The molecule has 140 valence electrons. The maximum absolute atomic E-state index is 6.33. The van der Waals surface area contributed by atoms with E-state index in [1.54, 1.807) is 0 Å². The van der Waals surface area contributed by atoms with Crippen molar-refractivity contribution in [2.24, 2.45) is 0 Å². The van der Waals surface area contributed by atoms with Crippen LogP contribution in [-0.2, 0) is 0 Å². The van der Waals surface area contributed by atoms with Crippen LogP contribution in [0.1, 0.15) is 19.3 Å². The van der Waals surface area contributed by atoms with E-state index >= 15 is 0 Å². The van der Waals surface area contributed by atoms with Gasteiger partial charge < -0.3 is 10.2 Å². The zero-order valence-electron chi connectivity index (χ0n) is 15.1. The Morgan fingerprint density at radius 1 is 1.00 bits per heavy atom. The quantitative estimate of drug-likeness (QED) is 0.613. The average Bonchev–Trinajstić information content (AvgIpc) is 2.69. The molecule has 2 aromatic carbocycles. The predicted molar refractivity (Wildman–Crippen MR) is 114 cm³/mol. The molecule has 0 radical (unpaired) electrons. The van der Waals surface area contributed by atoms with E-state index in [-0.39, 0.29) is 0 Å². The minimum absolute atomic E-state index is 0.638. The van der Waals surface area contributed by atoms with Gasteiger partial charge in [0.1, 0.15) is 0 Å². The van der Waals surface area contributed by atoms with Gasteiger partial charge in [0.05, 0.1) is 5.52 Å². The molecule has 0 bridgehead atoms. The highest BCUT2D eigenvalue weighted by Gasteiger charge is 2.11. The van der Waals surface area contributed by atoms with Gasteiger partial charge in [-0.2, -0.15) is 0 Å². The summed E-state index contributed by atoms with van der Waals surface area (Å²) in [5.74, 6) is 0.669. The van der Waals surface area contributed by atoms with Crippen molar-refractivity contribution in [2.75, 3.05) is 31.5 Å². The zero-order valence-corrected chi connectivity index (χ0v) is 16.6. The van der Waals surface area contributed by atoms with E-state index < -0.39 is 0 Å². The van der Waals surface area contributed by atoms with E-state index in [1.807, 2.05) is 42.6 Å². The van der Waals surface area contributed by atoms with Crippen LogP contribution in [-0.4, -0.2) is 41.0 Å². The first-order valence-corrected chi connectivity index (χ1v) is 10.1. The molecule has 1 aliphatic heterocycles. The largest absolute Gasteiger partial charge is 0.353 e. The van der Waals surface area contributed by atoms with Gasteiger partial charge in [-0.1, -0.05) is 41.8 Å². The maximum Gasteiger partial charge on any atom is 0.223 e. The fraction of sp³-hybridized carbons (Fsp3) is 0.333. The van der Waals surface area contributed by atoms with Gasteiger partial charge in [0.2, 0.25) is 5.95 Å². The number of aromatic nitrogens is 2. The number of halogens is 2. The molecule has 2 heterocycles. The molecule has 0 unspecified atom stereocenters. The Morgan fingerprint density at radius 2 is 1.78 bits per heavy atom. The molecule has 1 fully saturated rings. The first kappa shape index (κ1) is 18.5. The highest BCUT2D eigenvalue weighted by Crippen LogP contribution is 2.35. The smallest absolute Gasteiger partial charge is 0.223 e. The molecule has 0 saturated carbocycles. The predicted octanol–water partition coefficient (Wildman–Crippen LogP) is 5.50. The lowest BCUT2D eigenvalue weighted by atomic mass is 10.0. The number of anilines is 1. The number of nitrogens with zero attached hydrogens (tertiary/aromatic N) is 3. The molecule has 0 atom stereocenters. The van der Waals surface area contributed by atoms with Gasteiger partial charge in [0.15, 0.2) is 0 Å². The second-order valence-electron chi connectivity index (χ2n) is 6.89. The Morgan fingerprint density at radius 3 is 2.56 bits per heavy atom. The van der Waals surface area contributed by atoms with Crippen LogP contribution in [0.2, 0.25) is 10.0 Å². The van der Waals surface area contributed by atoms with Crippen molar-refractivity contribution in [1.29, 1.82) is 0 Å². The summed E-state index contributed by atoms with van der Waals surface area (Å²) in [6.07, 6.45) is 5.83. The molecule has 1 aromatic heterocycles. The van der Waals surface area contributed by atoms with Crippen LogP contribution >= 0.6 is 23.2 Å². The Kier molecular flexibility index (Phi) is 5.77. The summed E-state index contributed by atoms with van der Waals surface area (Å²) >= 11 is 12.7. The van der Waals surface area contributed by atoms with Gasteiger partial charge in [0.25, 0.3) is 0 Å². The van der Waals surface area contributed by atoms with Crippen molar-refractivity contribution in [3.63, 3.8) is 0 Å². The summed E-state index contributed by atoms with van der Waals surface area (Å²) in [5, 5.41) is 5.58. The van der Waals surface area contributed by atoms with Crippen molar-refractivity contribution in [3.8, 4) is 11.1 Å². The Bertz CT molecular complexity index is 918. The zero-order chi connectivity index (χ0) is 18.6. The van der Waals surface area contributed by atoms with Crippen LogP contribution in [0.3, 0.4) is 0 Å². The van der Waals surface area contributed by atoms with E-state index in [1.165, 1.54) is 32.4 Å². The normalized spacial score (nSPS) is 15.2. The topological polar surface area (TPSA) is 41.1 Å². The number of nitrogens with one attached hydrogen (secondary N) is 1. The second-order valence-corrected chi connectivity index (χ2v) is 7.71. The number of hydrogen-bond donors (Lipinski definition) is 1. The third kappa shape index (κ3) is 4.34. The minimum atomic E-state index is 0.638. The SMILES string of the molecule is Clc1cccc(Cl)c1-c1ccc2nc(NCCN3CCCCC3)ncc2c1. The second kappa shape index (κ2) is 8.42. The molecule has 4 rings (SSSR count). The van der Waals surface area contributed by atoms with Crippen LogP contribution in [0.25, 0.3) is 22.0 Å².